The number of nitrogens with two attached hydrogens (primary N) is 1. The molecule has 0 unspecified atom stereocenters. The number of aryl methyl sites for hydroxylation is 1. The molecule has 0 aliphatic rings. The molecule has 0 aromatic carbocycles. The Bertz CT molecular complexity index is 640. The van der Waals surface area contributed by atoms with Gasteiger partial charge < -0.3 is 10.1 Å². The summed E-state index contributed by atoms with van der Waals surface area (Å²) < 4.78 is 2.17. The third-order valence-corrected chi connectivity index (χ3v) is 3.88. The van der Waals surface area contributed by atoms with E-state index >= 15 is 0 Å². The highest BCUT2D eigenvalue weighted by Crippen LogP contribution is 2.28. The first-order chi connectivity index (χ1) is 8.90. The molecule has 2 N–H and O–H groups in total. The van der Waals surface area contributed by atoms with E-state index in [0.29, 0.717) is 6.54 Å². The molecule has 3 heterocycles. The standard InChI is InChI=1S/C14H15N3S/c15-8-3-5-11-14(12-6-4-10-18-12)16-13-7-1-2-9-17(11)13/h1-2,4,6-7,9-10H,3,5,8,15H2. The third kappa shape index (κ3) is 1.94. The molecule has 0 spiro atoms. The molecule has 0 aliphatic carbocycles. The number of hydrogen-bond donors (Lipinski definition) is 1. The van der Waals surface area contributed by atoms with E-state index in [-0.39, 0.29) is 0 Å². The fourth-order valence-corrected chi connectivity index (χ4v) is 2.90. The van der Waals surface area contributed by atoms with Gasteiger partial charge in [0, 0.05) is 6.20 Å². The molecule has 0 atom stereocenters. The summed E-state index contributed by atoms with van der Waals surface area (Å²) in [4.78, 5) is 5.97. The Morgan fingerprint density at radius 1 is 1.22 bits per heavy atom. The van der Waals surface area contributed by atoms with Crippen molar-refractivity contribution in [1.29, 1.82) is 0 Å². The van der Waals surface area contributed by atoms with Gasteiger partial charge >= 0.3 is 0 Å². The minimum absolute atomic E-state index is 0.712. The van der Waals surface area contributed by atoms with E-state index in [2.05, 4.69) is 28.1 Å². The fraction of sp³-hybridized carbons (Fsp3) is 0.214. The maximum atomic E-state index is 5.63. The molecule has 3 nitrogen and oxygen atoms in total. The summed E-state index contributed by atoms with van der Waals surface area (Å²) in [6, 6.07) is 10.3. The van der Waals surface area contributed by atoms with Gasteiger partial charge in [0.05, 0.1) is 10.6 Å². The normalized spacial score (nSPS) is 11.2. The van der Waals surface area contributed by atoms with Gasteiger partial charge in [-0.15, -0.1) is 11.3 Å². The summed E-state index contributed by atoms with van der Waals surface area (Å²) in [7, 11) is 0. The number of hydrogen-bond acceptors (Lipinski definition) is 3. The fourth-order valence-electron chi connectivity index (χ4n) is 2.17. The summed E-state index contributed by atoms with van der Waals surface area (Å²) in [6.45, 7) is 0.712. The lowest BCUT2D eigenvalue weighted by atomic mass is 10.2. The number of fused-ring (bicyclic) bond motifs is 1. The molecule has 0 amide bonds. The number of aromatic nitrogens is 2. The van der Waals surface area contributed by atoms with E-state index in [0.717, 1.165) is 24.2 Å². The van der Waals surface area contributed by atoms with Crippen LogP contribution in [0.25, 0.3) is 16.2 Å². The predicted octanol–water partition coefficient (Wildman–Crippen LogP) is 2.95. The maximum absolute atomic E-state index is 5.63. The van der Waals surface area contributed by atoms with Crippen molar-refractivity contribution in [2.75, 3.05) is 6.54 Å². The van der Waals surface area contributed by atoms with Crippen LogP contribution in [0.4, 0.5) is 0 Å². The Morgan fingerprint density at radius 2 is 2.17 bits per heavy atom. The lowest BCUT2D eigenvalue weighted by Crippen LogP contribution is -2.02. The van der Waals surface area contributed by atoms with Gasteiger partial charge in [-0.25, -0.2) is 4.98 Å². The van der Waals surface area contributed by atoms with Crippen LogP contribution >= 0.6 is 11.3 Å². The van der Waals surface area contributed by atoms with E-state index < -0.39 is 0 Å². The molecule has 0 saturated carbocycles. The molecule has 3 aromatic heterocycles. The minimum atomic E-state index is 0.712. The van der Waals surface area contributed by atoms with Crippen LogP contribution in [0, 0.1) is 0 Å². The van der Waals surface area contributed by atoms with Crippen LogP contribution < -0.4 is 5.73 Å². The average molecular weight is 257 g/mol. The molecular weight excluding hydrogens is 242 g/mol. The van der Waals surface area contributed by atoms with Gasteiger partial charge in [-0.3, -0.25) is 0 Å². The van der Waals surface area contributed by atoms with Crippen molar-refractivity contribution in [3.8, 4) is 10.6 Å². The molecule has 3 rings (SSSR count). The van der Waals surface area contributed by atoms with Crippen molar-refractivity contribution < 1.29 is 0 Å². The Kier molecular flexibility index (Phi) is 3.13. The second kappa shape index (κ2) is 4.92. The molecule has 0 fully saturated rings. The third-order valence-electron chi connectivity index (χ3n) is 3.00. The van der Waals surface area contributed by atoms with E-state index in [1.807, 2.05) is 18.2 Å². The molecule has 3 aromatic rings. The van der Waals surface area contributed by atoms with Crippen molar-refractivity contribution in [2.45, 2.75) is 12.8 Å². The molecule has 0 aliphatic heterocycles. The van der Waals surface area contributed by atoms with Crippen LogP contribution in [0.3, 0.4) is 0 Å². The van der Waals surface area contributed by atoms with Gasteiger partial charge in [0.1, 0.15) is 11.3 Å². The first-order valence-electron chi connectivity index (χ1n) is 6.10. The van der Waals surface area contributed by atoms with E-state index in [9.17, 15) is 0 Å². The number of pyridine rings is 1. The van der Waals surface area contributed by atoms with Crippen LogP contribution in [-0.4, -0.2) is 15.9 Å². The van der Waals surface area contributed by atoms with E-state index in [1.165, 1.54) is 10.6 Å². The van der Waals surface area contributed by atoms with Gasteiger partial charge in [0.25, 0.3) is 0 Å². The zero-order valence-corrected chi connectivity index (χ0v) is 10.9. The largest absolute Gasteiger partial charge is 0.330 e. The minimum Gasteiger partial charge on any atom is -0.330 e. The number of nitrogens with zero attached hydrogens (tertiary/aromatic N) is 2. The Labute approximate surface area is 110 Å². The quantitative estimate of drug-likeness (QED) is 0.781. The summed E-state index contributed by atoms with van der Waals surface area (Å²) in [5.74, 6) is 0. The number of rotatable bonds is 4. The van der Waals surface area contributed by atoms with Gasteiger partial charge in [-0.05, 0) is 43.0 Å². The van der Waals surface area contributed by atoms with Crippen molar-refractivity contribution in [1.82, 2.24) is 9.38 Å². The topological polar surface area (TPSA) is 43.3 Å². The zero-order valence-electron chi connectivity index (χ0n) is 10.0. The maximum Gasteiger partial charge on any atom is 0.137 e. The van der Waals surface area contributed by atoms with Gasteiger partial charge in [-0.1, -0.05) is 12.1 Å². The van der Waals surface area contributed by atoms with Crippen molar-refractivity contribution in [3.63, 3.8) is 0 Å². The molecule has 0 radical (unpaired) electrons. The average Bonchev–Trinajstić information content (AvgIpc) is 3.03. The SMILES string of the molecule is NCCCc1c(-c2cccs2)nc2ccccn12. The van der Waals surface area contributed by atoms with Crippen LogP contribution in [0.1, 0.15) is 12.1 Å². The second-order valence-corrected chi connectivity index (χ2v) is 5.15. The summed E-state index contributed by atoms with van der Waals surface area (Å²) in [5, 5.41) is 2.09. The molecule has 0 saturated heterocycles. The number of imidazole rings is 1. The highest BCUT2D eigenvalue weighted by molar-refractivity contribution is 7.13. The Balaban J connectivity index is 2.17. The molecule has 0 bridgehead atoms. The summed E-state index contributed by atoms with van der Waals surface area (Å²) in [5.41, 5.74) is 9.00. The van der Waals surface area contributed by atoms with Crippen LogP contribution in [0.15, 0.2) is 41.9 Å². The van der Waals surface area contributed by atoms with Gasteiger partial charge in [-0.2, -0.15) is 0 Å². The lowest BCUT2D eigenvalue weighted by Gasteiger charge is -2.02. The van der Waals surface area contributed by atoms with Gasteiger partial charge in [0.2, 0.25) is 0 Å². The monoisotopic (exact) mass is 257 g/mol. The first kappa shape index (κ1) is 11.4. The lowest BCUT2D eigenvalue weighted by molar-refractivity contribution is 0.804. The van der Waals surface area contributed by atoms with Gasteiger partial charge in [0.15, 0.2) is 0 Å². The molecule has 4 heteroatoms. The molecule has 92 valence electrons. The van der Waals surface area contributed by atoms with Crippen LogP contribution in [0.5, 0.6) is 0 Å². The molecular formula is C14H15N3S. The van der Waals surface area contributed by atoms with Crippen LogP contribution in [-0.2, 0) is 6.42 Å². The second-order valence-electron chi connectivity index (χ2n) is 4.21. The van der Waals surface area contributed by atoms with E-state index in [4.69, 9.17) is 10.7 Å². The highest BCUT2D eigenvalue weighted by Gasteiger charge is 2.13. The Morgan fingerprint density at radius 3 is 2.94 bits per heavy atom. The summed E-state index contributed by atoms with van der Waals surface area (Å²) in [6.07, 6.45) is 4.03. The number of thiophene rings is 1. The Hall–Kier alpha value is -1.65. The van der Waals surface area contributed by atoms with Crippen LogP contribution in [0.2, 0.25) is 0 Å². The van der Waals surface area contributed by atoms with Crippen molar-refractivity contribution in [3.05, 3.63) is 47.6 Å². The predicted molar refractivity (Wildman–Crippen MR) is 75.9 cm³/mol. The zero-order chi connectivity index (χ0) is 12.4. The smallest absolute Gasteiger partial charge is 0.137 e. The molecule has 18 heavy (non-hydrogen) atoms. The van der Waals surface area contributed by atoms with Crippen molar-refractivity contribution >= 4 is 17.0 Å². The summed E-state index contributed by atoms with van der Waals surface area (Å²) >= 11 is 1.73. The first-order valence-corrected chi connectivity index (χ1v) is 6.98. The highest BCUT2D eigenvalue weighted by atomic mass is 32.1. The van der Waals surface area contributed by atoms with Crippen molar-refractivity contribution in [2.24, 2.45) is 5.73 Å². The van der Waals surface area contributed by atoms with E-state index in [1.54, 1.807) is 11.3 Å².